The zero-order valence-corrected chi connectivity index (χ0v) is 4.52. The van der Waals surface area contributed by atoms with Crippen molar-refractivity contribution in [2.45, 2.75) is 12.1 Å². The standard InChI is InChI=1S/C5H10N2/c1-7-4-2-6-3-5(4)7/h4-6H,2-3H2,1H3. The fourth-order valence-corrected chi connectivity index (χ4v) is 1.41. The predicted octanol–water partition coefficient (Wildman–Crippen LogP) is -0.728. The normalized spacial score (nSPS) is 57.0. The van der Waals surface area contributed by atoms with E-state index in [-0.39, 0.29) is 0 Å². The summed E-state index contributed by atoms with van der Waals surface area (Å²) in [6.45, 7) is 2.45. The van der Waals surface area contributed by atoms with Gasteiger partial charge in [-0.2, -0.15) is 0 Å². The van der Waals surface area contributed by atoms with Crippen LogP contribution in [0.4, 0.5) is 0 Å². The number of hydrogen-bond donors (Lipinski definition) is 1. The van der Waals surface area contributed by atoms with Crippen LogP contribution in [0.15, 0.2) is 0 Å². The molecule has 0 radical (unpaired) electrons. The van der Waals surface area contributed by atoms with Gasteiger partial charge in [-0.1, -0.05) is 0 Å². The molecule has 2 heteroatoms. The molecule has 0 bridgehead atoms. The van der Waals surface area contributed by atoms with E-state index in [1.807, 2.05) is 0 Å². The summed E-state index contributed by atoms with van der Waals surface area (Å²) in [5.74, 6) is 0. The molecule has 2 aliphatic rings. The second kappa shape index (κ2) is 1.01. The summed E-state index contributed by atoms with van der Waals surface area (Å²) in [6.07, 6.45) is 0. The monoisotopic (exact) mass is 98.1 g/mol. The highest BCUT2D eigenvalue weighted by atomic mass is 15.4. The Morgan fingerprint density at radius 1 is 1.43 bits per heavy atom. The van der Waals surface area contributed by atoms with E-state index in [0.717, 1.165) is 12.1 Å². The minimum Gasteiger partial charge on any atom is -0.313 e. The van der Waals surface area contributed by atoms with Crippen molar-refractivity contribution in [3.05, 3.63) is 0 Å². The fourth-order valence-electron chi connectivity index (χ4n) is 1.41. The van der Waals surface area contributed by atoms with E-state index in [9.17, 15) is 0 Å². The molecule has 7 heavy (non-hydrogen) atoms. The van der Waals surface area contributed by atoms with Crippen LogP contribution in [-0.2, 0) is 0 Å². The number of nitrogens with zero attached hydrogens (tertiary/aromatic N) is 1. The van der Waals surface area contributed by atoms with Crippen molar-refractivity contribution in [2.75, 3.05) is 20.1 Å². The first kappa shape index (κ1) is 3.87. The van der Waals surface area contributed by atoms with Crippen molar-refractivity contribution in [1.82, 2.24) is 10.2 Å². The Labute approximate surface area is 43.5 Å². The molecule has 0 aromatic heterocycles. The summed E-state index contributed by atoms with van der Waals surface area (Å²) in [5, 5.41) is 3.31. The number of nitrogens with one attached hydrogen (secondary N) is 1. The Hall–Kier alpha value is -0.0800. The first-order chi connectivity index (χ1) is 3.39. The molecule has 0 aromatic rings. The zero-order chi connectivity index (χ0) is 4.85. The molecule has 2 nitrogen and oxygen atoms in total. The van der Waals surface area contributed by atoms with E-state index >= 15 is 0 Å². The molecule has 2 saturated heterocycles. The second-order valence-electron chi connectivity index (χ2n) is 2.46. The van der Waals surface area contributed by atoms with Crippen LogP contribution in [0.3, 0.4) is 0 Å². The van der Waals surface area contributed by atoms with Gasteiger partial charge in [0.1, 0.15) is 0 Å². The Bertz CT molecular complexity index is 82.1. The van der Waals surface area contributed by atoms with Crippen LogP contribution in [0.25, 0.3) is 0 Å². The molecule has 0 aliphatic carbocycles. The maximum Gasteiger partial charge on any atom is 0.0389 e. The van der Waals surface area contributed by atoms with Gasteiger partial charge in [0.15, 0.2) is 0 Å². The summed E-state index contributed by atoms with van der Waals surface area (Å²) >= 11 is 0. The number of hydrogen-bond acceptors (Lipinski definition) is 2. The molecule has 2 rings (SSSR count). The lowest BCUT2D eigenvalue weighted by Gasteiger charge is -1.97. The minimum atomic E-state index is 0.903. The van der Waals surface area contributed by atoms with Gasteiger partial charge in [0.25, 0.3) is 0 Å². The highest BCUT2D eigenvalue weighted by Crippen LogP contribution is 2.27. The first-order valence-electron chi connectivity index (χ1n) is 2.82. The molecule has 0 spiro atoms. The molecule has 40 valence electrons. The summed E-state index contributed by atoms with van der Waals surface area (Å²) in [6, 6.07) is 1.81. The highest BCUT2D eigenvalue weighted by Gasteiger charge is 2.47. The summed E-state index contributed by atoms with van der Waals surface area (Å²) in [5.41, 5.74) is 0. The van der Waals surface area contributed by atoms with Crippen LogP contribution in [0.1, 0.15) is 0 Å². The van der Waals surface area contributed by atoms with Crippen molar-refractivity contribution in [3.8, 4) is 0 Å². The Kier molecular flexibility index (Phi) is 0.557. The van der Waals surface area contributed by atoms with Gasteiger partial charge in [-0.25, -0.2) is 0 Å². The largest absolute Gasteiger partial charge is 0.313 e. The SMILES string of the molecule is CN1C2CNCC21. The van der Waals surface area contributed by atoms with Crippen LogP contribution in [-0.4, -0.2) is 37.1 Å². The summed E-state index contributed by atoms with van der Waals surface area (Å²) in [4.78, 5) is 2.41. The fraction of sp³-hybridized carbons (Fsp3) is 1.00. The molecule has 2 unspecified atom stereocenters. The van der Waals surface area contributed by atoms with E-state index in [0.29, 0.717) is 0 Å². The van der Waals surface area contributed by atoms with Gasteiger partial charge < -0.3 is 5.32 Å². The Morgan fingerprint density at radius 3 is 2.29 bits per heavy atom. The molecule has 2 atom stereocenters. The van der Waals surface area contributed by atoms with Crippen molar-refractivity contribution in [2.24, 2.45) is 0 Å². The van der Waals surface area contributed by atoms with Crippen LogP contribution >= 0.6 is 0 Å². The summed E-state index contributed by atoms with van der Waals surface area (Å²) in [7, 11) is 2.19. The molecule has 0 amide bonds. The minimum absolute atomic E-state index is 0.903. The van der Waals surface area contributed by atoms with E-state index in [2.05, 4.69) is 17.3 Å². The molecular weight excluding hydrogens is 88.1 g/mol. The molecule has 2 aliphatic heterocycles. The first-order valence-corrected chi connectivity index (χ1v) is 2.82. The van der Waals surface area contributed by atoms with Gasteiger partial charge in [0.2, 0.25) is 0 Å². The number of piperazine rings is 1. The van der Waals surface area contributed by atoms with Crippen molar-refractivity contribution in [3.63, 3.8) is 0 Å². The zero-order valence-electron chi connectivity index (χ0n) is 4.52. The average molecular weight is 98.1 g/mol. The molecular formula is C5H10N2. The Balaban J connectivity index is 2.06. The average Bonchev–Trinajstić information content (AvgIpc) is 2.26. The quantitative estimate of drug-likeness (QED) is 0.402. The van der Waals surface area contributed by atoms with Crippen LogP contribution in [0, 0.1) is 0 Å². The smallest absolute Gasteiger partial charge is 0.0389 e. The topological polar surface area (TPSA) is 15.0 Å². The summed E-state index contributed by atoms with van der Waals surface area (Å²) < 4.78 is 0. The molecule has 0 aromatic carbocycles. The van der Waals surface area contributed by atoms with Crippen molar-refractivity contribution < 1.29 is 0 Å². The third-order valence-electron chi connectivity index (χ3n) is 2.11. The molecule has 0 saturated carbocycles. The lowest BCUT2D eigenvalue weighted by atomic mass is 10.4. The third-order valence-corrected chi connectivity index (χ3v) is 2.11. The van der Waals surface area contributed by atoms with Gasteiger partial charge in [0, 0.05) is 25.2 Å². The lowest BCUT2D eigenvalue weighted by molar-refractivity contribution is 0.510. The predicted molar refractivity (Wildman–Crippen MR) is 28.2 cm³/mol. The molecule has 1 N–H and O–H groups in total. The van der Waals surface area contributed by atoms with Gasteiger partial charge in [0.05, 0.1) is 0 Å². The van der Waals surface area contributed by atoms with Crippen LogP contribution in [0.5, 0.6) is 0 Å². The van der Waals surface area contributed by atoms with E-state index in [4.69, 9.17) is 0 Å². The van der Waals surface area contributed by atoms with Crippen LogP contribution in [0.2, 0.25) is 0 Å². The van der Waals surface area contributed by atoms with E-state index < -0.39 is 0 Å². The maximum atomic E-state index is 3.31. The maximum absolute atomic E-state index is 3.31. The molecule has 2 fully saturated rings. The lowest BCUT2D eigenvalue weighted by Crippen LogP contribution is -2.20. The Morgan fingerprint density at radius 2 is 2.00 bits per heavy atom. The van der Waals surface area contributed by atoms with Crippen LogP contribution < -0.4 is 5.32 Å². The number of fused-ring (bicyclic) bond motifs is 1. The van der Waals surface area contributed by atoms with Crippen molar-refractivity contribution >= 4 is 0 Å². The highest BCUT2D eigenvalue weighted by molar-refractivity contribution is 5.07. The number of likely N-dealkylation sites (N-methyl/N-ethyl adjacent to an activating group) is 1. The molecule has 2 heterocycles. The van der Waals surface area contributed by atoms with Crippen molar-refractivity contribution in [1.29, 1.82) is 0 Å². The third kappa shape index (κ3) is 0.359. The van der Waals surface area contributed by atoms with Gasteiger partial charge in [-0.3, -0.25) is 4.90 Å². The van der Waals surface area contributed by atoms with E-state index in [1.54, 1.807) is 0 Å². The van der Waals surface area contributed by atoms with Gasteiger partial charge >= 0.3 is 0 Å². The second-order valence-corrected chi connectivity index (χ2v) is 2.46. The number of rotatable bonds is 0. The van der Waals surface area contributed by atoms with Gasteiger partial charge in [-0.05, 0) is 7.05 Å². The van der Waals surface area contributed by atoms with E-state index in [1.165, 1.54) is 13.1 Å². The van der Waals surface area contributed by atoms with Gasteiger partial charge in [-0.15, -0.1) is 0 Å².